The lowest BCUT2D eigenvalue weighted by molar-refractivity contribution is -0.132. The summed E-state index contributed by atoms with van der Waals surface area (Å²) in [4.78, 5) is 14.3. The van der Waals surface area contributed by atoms with Crippen LogP contribution in [-0.4, -0.2) is 45.4 Å². The van der Waals surface area contributed by atoms with Gasteiger partial charge in [0.25, 0.3) is 0 Å². The van der Waals surface area contributed by atoms with Gasteiger partial charge in [-0.05, 0) is 47.7 Å². The van der Waals surface area contributed by atoms with E-state index >= 15 is 0 Å². The van der Waals surface area contributed by atoms with E-state index in [4.69, 9.17) is 5.11 Å². The van der Waals surface area contributed by atoms with Gasteiger partial charge in [0.15, 0.2) is 0 Å². The zero-order valence-corrected chi connectivity index (χ0v) is 14.0. The number of aromatic nitrogens is 2. The van der Waals surface area contributed by atoms with Crippen LogP contribution in [-0.2, 0) is 17.8 Å². The molecule has 0 bridgehead atoms. The average molecular weight is 333 g/mol. The van der Waals surface area contributed by atoms with Crippen LogP contribution in [0.1, 0.15) is 36.4 Å². The molecular formula is C17H23N3O2S. The number of carbonyl (C=O) groups excluding carboxylic acids is 1. The molecule has 124 valence electrons. The summed E-state index contributed by atoms with van der Waals surface area (Å²) in [6.45, 7) is 2.28. The number of aryl methyl sites for hydroxylation is 1. The Morgan fingerprint density at radius 3 is 2.87 bits per heavy atom. The van der Waals surface area contributed by atoms with Crippen LogP contribution in [0.15, 0.2) is 29.1 Å². The molecule has 3 rings (SSSR count). The number of carbonyl (C=O) groups is 1. The number of thiophene rings is 1. The second-order valence-electron chi connectivity index (χ2n) is 5.99. The SMILES string of the molecule is O=C(CCc1ccsc1)N1CCC(c2ccnn2CCO)CC1. The zero-order chi connectivity index (χ0) is 16.1. The molecule has 1 aliphatic rings. The van der Waals surface area contributed by atoms with Crippen LogP contribution in [0.25, 0.3) is 0 Å². The molecule has 5 nitrogen and oxygen atoms in total. The van der Waals surface area contributed by atoms with Gasteiger partial charge in [0.2, 0.25) is 5.91 Å². The fourth-order valence-electron chi connectivity index (χ4n) is 3.24. The summed E-state index contributed by atoms with van der Waals surface area (Å²) in [5.41, 5.74) is 2.44. The number of aliphatic hydroxyl groups excluding tert-OH is 1. The summed E-state index contributed by atoms with van der Waals surface area (Å²) in [5, 5.41) is 17.5. The molecule has 23 heavy (non-hydrogen) atoms. The lowest BCUT2D eigenvalue weighted by Gasteiger charge is -2.32. The number of aliphatic hydroxyl groups is 1. The Morgan fingerprint density at radius 2 is 2.17 bits per heavy atom. The highest BCUT2D eigenvalue weighted by atomic mass is 32.1. The van der Waals surface area contributed by atoms with Crippen molar-refractivity contribution in [2.75, 3.05) is 19.7 Å². The molecule has 0 unspecified atom stereocenters. The lowest BCUT2D eigenvalue weighted by atomic mass is 9.93. The molecule has 1 N–H and O–H groups in total. The van der Waals surface area contributed by atoms with Crippen molar-refractivity contribution in [1.29, 1.82) is 0 Å². The van der Waals surface area contributed by atoms with Gasteiger partial charge in [0.05, 0.1) is 13.2 Å². The molecule has 0 spiro atoms. The van der Waals surface area contributed by atoms with Gasteiger partial charge in [-0.25, -0.2) is 0 Å². The van der Waals surface area contributed by atoms with Crippen molar-refractivity contribution in [3.63, 3.8) is 0 Å². The number of piperidine rings is 1. The topological polar surface area (TPSA) is 58.4 Å². The molecule has 2 aromatic rings. The third-order valence-corrected chi connectivity index (χ3v) is 5.27. The van der Waals surface area contributed by atoms with E-state index in [1.165, 1.54) is 11.3 Å². The number of hydrogen-bond donors (Lipinski definition) is 1. The zero-order valence-electron chi connectivity index (χ0n) is 13.2. The quantitative estimate of drug-likeness (QED) is 0.882. The molecule has 0 atom stereocenters. The van der Waals surface area contributed by atoms with E-state index in [-0.39, 0.29) is 12.5 Å². The Balaban J connectivity index is 1.49. The fraction of sp³-hybridized carbons (Fsp3) is 0.529. The summed E-state index contributed by atoms with van der Waals surface area (Å²) in [7, 11) is 0. The third-order valence-electron chi connectivity index (χ3n) is 4.53. The standard InChI is InChI=1S/C17H23N3O2S/c21-11-10-20-16(3-7-18-20)15-4-8-19(9-5-15)17(22)2-1-14-6-12-23-13-14/h3,6-7,12-13,15,21H,1-2,4-5,8-11H2. The van der Waals surface area contributed by atoms with Gasteiger partial charge in [-0.2, -0.15) is 16.4 Å². The molecule has 1 amide bonds. The molecular weight excluding hydrogens is 310 g/mol. The van der Waals surface area contributed by atoms with E-state index in [1.807, 2.05) is 15.6 Å². The van der Waals surface area contributed by atoms with Crippen LogP contribution in [0.5, 0.6) is 0 Å². The van der Waals surface area contributed by atoms with Crippen molar-refractivity contribution in [2.45, 2.75) is 38.1 Å². The molecule has 0 aliphatic carbocycles. The summed E-state index contributed by atoms with van der Waals surface area (Å²) < 4.78 is 1.89. The first kappa shape index (κ1) is 16.2. The second kappa shape index (κ2) is 7.75. The van der Waals surface area contributed by atoms with Crippen LogP contribution in [0.3, 0.4) is 0 Å². The predicted octanol–water partition coefficient (Wildman–Crippen LogP) is 2.28. The molecule has 1 saturated heterocycles. The largest absolute Gasteiger partial charge is 0.394 e. The van der Waals surface area contributed by atoms with Crippen LogP contribution in [0.4, 0.5) is 0 Å². The van der Waals surface area contributed by atoms with Crippen molar-refractivity contribution in [2.24, 2.45) is 0 Å². The van der Waals surface area contributed by atoms with Gasteiger partial charge in [0, 0.05) is 37.3 Å². The number of amides is 1. The molecule has 1 fully saturated rings. The first-order valence-electron chi connectivity index (χ1n) is 8.19. The Kier molecular flexibility index (Phi) is 5.46. The van der Waals surface area contributed by atoms with E-state index in [2.05, 4.69) is 21.9 Å². The van der Waals surface area contributed by atoms with Gasteiger partial charge in [0.1, 0.15) is 0 Å². The van der Waals surface area contributed by atoms with E-state index in [1.54, 1.807) is 17.5 Å². The second-order valence-corrected chi connectivity index (χ2v) is 6.77. The van der Waals surface area contributed by atoms with Gasteiger partial charge in [-0.15, -0.1) is 0 Å². The fourth-order valence-corrected chi connectivity index (χ4v) is 3.94. The normalized spacial score (nSPS) is 16.0. The summed E-state index contributed by atoms with van der Waals surface area (Å²) >= 11 is 1.68. The van der Waals surface area contributed by atoms with Gasteiger partial charge < -0.3 is 10.0 Å². The van der Waals surface area contributed by atoms with Crippen LogP contribution in [0, 0.1) is 0 Å². The Labute approximate surface area is 140 Å². The summed E-state index contributed by atoms with van der Waals surface area (Å²) in [6.07, 6.45) is 5.18. The van der Waals surface area contributed by atoms with Gasteiger partial charge >= 0.3 is 0 Å². The van der Waals surface area contributed by atoms with Crippen molar-refractivity contribution < 1.29 is 9.90 Å². The van der Waals surface area contributed by atoms with Crippen molar-refractivity contribution in [3.8, 4) is 0 Å². The van der Waals surface area contributed by atoms with E-state index in [0.29, 0.717) is 18.9 Å². The molecule has 0 saturated carbocycles. The monoisotopic (exact) mass is 333 g/mol. The highest BCUT2D eigenvalue weighted by molar-refractivity contribution is 7.07. The molecule has 2 aromatic heterocycles. The molecule has 0 aromatic carbocycles. The van der Waals surface area contributed by atoms with Gasteiger partial charge in [-0.1, -0.05) is 0 Å². The maximum absolute atomic E-state index is 12.3. The minimum absolute atomic E-state index is 0.106. The predicted molar refractivity (Wildman–Crippen MR) is 90.5 cm³/mol. The van der Waals surface area contributed by atoms with Crippen molar-refractivity contribution >= 4 is 17.2 Å². The minimum atomic E-state index is 0.106. The molecule has 1 aliphatic heterocycles. The molecule has 0 radical (unpaired) electrons. The number of likely N-dealkylation sites (tertiary alicyclic amines) is 1. The smallest absolute Gasteiger partial charge is 0.222 e. The van der Waals surface area contributed by atoms with Gasteiger partial charge in [-0.3, -0.25) is 9.48 Å². The van der Waals surface area contributed by atoms with Crippen LogP contribution < -0.4 is 0 Å². The maximum atomic E-state index is 12.3. The Bertz CT molecular complexity index is 616. The molecule has 3 heterocycles. The first-order chi connectivity index (χ1) is 11.3. The Hall–Kier alpha value is -1.66. The van der Waals surface area contributed by atoms with Crippen LogP contribution >= 0.6 is 11.3 Å². The maximum Gasteiger partial charge on any atom is 0.222 e. The average Bonchev–Trinajstić information content (AvgIpc) is 3.25. The Morgan fingerprint density at radius 1 is 1.35 bits per heavy atom. The van der Waals surface area contributed by atoms with E-state index in [9.17, 15) is 4.79 Å². The van der Waals surface area contributed by atoms with Crippen molar-refractivity contribution in [3.05, 3.63) is 40.3 Å². The summed E-state index contributed by atoms with van der Waals surface area (Å²) in [5.74, 6) is 0.698. The third kappa shape index (κ3) is 4.00. The number of rotatable bonds is 6. The van der Waals surface area contributed by atoms with Crippen LogP contribution in [0.2, 0.25) is 0 Å². The first-order valence-corrected chi connectivity index (χ1v) is 9.13. The minimum Gasteiger partial charge on any atom is -0.394 e. The number of nitrogens with zero attached hydrogens (tertiary/aromatic N) is 3. The van der Waals surface area contributed by atoms with E-state index < -0.39 is 0 Å². The summed E-state index contributed by atoms with van der Waals surface area (Å²) in [6, 6.07) is 4.13. The van der Waals surface area contributed by atoms with E-state index in [0.717, 1.165) is 32.4 Å². The highest BCUT2D eigenvalue weighted by Crippen LogP contribution is 2.28. The lowest BCUT2D eigenvalue weighted by Crippen LogP contribution is -2.38. The number of hydrogen-bond acceptors (Lipinski definition) is 4. The molecule has 6 heteroatoms. The van der Waals surface area contributed by atoms with Crippen molar-refractivity contribution in [1.82, 2.24) is 14.7 Å². The highest BCUT2D eigenvalue weighted by Gasteiger charge is 2.25.